The molecule has 1 aromatic heterocycles. The van der Waals surface area contributed by atoms with Crippen molar-refractivity contribution in [3.63, 3.8) is 0 Å². The second kappa shape index (κ2) is 8.92. The van der Waals surface area contributed by atoms with E-state index in [-0.39, 0.29) is 12.1 Å². The fourth-order valence-corrected chi connectivity index (χ4v) is 3.95. The number of thioether (sulfide) groups is 1. The summed E-state index contributed by atoms with van der Waals surface area (Å²) in [6.45, 7) is 6.50. The lowest BCUT2D eigenvalue weighted by atomic mass is 9.95. The molecule has 1 unspecified atom stereocenters. The van der Waals surface area contributed by atoms with Gasteiger partial charge in [0, 0.05) is 31.4 Å². The van der Waals surface area contributed by atoms with Gasteiger partial charge in [-0.15, -0.1) is 10.2 Å². The van der Waals surface area contributed by atoms with Crippen molar-refractivity contribution in [2.24, 2.45) is 0 Å². The number of aliphatic hydroxyl groups excluding tert-OH is 1. The third-order valence-electron chi connectivity index (χ3n) is 3.11. The largest absolute Gasteiger partial charge is 0.394 e. The molecule has 0 aliphatic heterocycles. The van der Waals surface area contributed by atoms with Gasteiger partial charge in [-0.3, -0.25) is 0 Å². The second-order valence-corrected chi connectivity index (χ2v) is 8.37. The highest BCUT2D eigenvalue weighted by Gasteiger charge is 2.22. The van der Waals surface area contributed by atoms with Crippen LogP contribution in [0.3, 0.4) is 0 Å². The summed E-state index contributed by atoms with van der Waals surface area (Å²) in [5.41, 5.74) is -0.167. The van der Waals surface area contributed by atoms with E-state index in [9.17, 15) is 5.11 Å². The maximum absolute atomic E-state index is 9.53. The Kier molecular flexibility index (Phi) is 7.94. The van der Waals surface area contributed by atoms with E-state index in [1.54, 1.807) is 23.1 Å². The van der Waals surface area contributed by atoms with Crippen LogP contribution < -0.4 is 10.2 Å². The Labute approximate surface area is 136 Å². The third-order valence-corrected chi connectivity index (χ3v) is 5.42. The number of nitrogens with one attached hydrogen (secondary N) is 1. The minimum Gasteiger partial charge on any atom is -0.394 e. The minimum atomic E-state index is -0.167. The Morgan fingerprint density at radius 3 is 2.57 bits per heavy atom. The van der Waals surface area contributed by atoms with Crippen molar-refractivity contribution >= 4 is 28.2 Å². The molecule has 0 aromatic carbocycles. The van der Waals surface area contributed by atoms with E-state index in [1.807, 2.05) is 19.0 Å². The summed E-state index contributed by atoms with van der Waals surface area (Å²) in [5, 5.41) is 22.2. The first kappa shape index (κ1) is 18.7. The standard InChI is InChI=1S/C14H28N4OS2/c1-11(2)15-14(3,10-19)8-6-7-9-20-13-17-16-12(21-13)18(4)5/h11,15,19H,6-10H2,1-5H3. The number of hydrogen-bond acceptors (Lipinski definition) is 7. The number of rotatable bonds is 10. The molecule has 21 heavy (non-hydrogen) atoms. The van der Waals surface area contributed by atoms with Crippen LogP contribution in [0.25, 0.3) is 0 Å². The van der Waals surface area contributed by atoms with Gasteiger partial charge < -0.3 is 15.3 Å². The van der Waals surface area contributed by atoms with Gasteiger partial charge >= 0.3 is 0 Å². The number of aromatic nitrogens is 2. The normalized spacial score (nSPS) is 14.4. The molecule has 1 heterocycles. The smallest absolute Gasteiger partial charge is 0.208 e. The van der Waals surface area contributed by atoms with Crippen LogP contribution in [0.1, 0.15) is 40.0 Å². The first-order chi connectivity index (χ1) is 9.86. The number of nitrogens with zero attached hydrogens (tertiary/aromatic N) is 3. The summed E-state index contributed by atoms with van der Waals surface area (Å²) < 4.78 is 1.03. The molecule has 0 radical (unpaired) electrons. The molecular weight excluding hydrogens is 304 g/mol. The van der Waals surface area contributed by atoms with E-state index in [4.69, 9.17) is 0 Å². The van der Waals surface area contributed by atoms with Crippen LogP contribution in [0.4, 0.5) is 5.13 Å². The van der Waals surface area contributed by atoms with Crippen LogP contribution in [0.2, 0.25) is 0 Å². The highest BCUT2D eigenvalue weighted by molar-refractivity contribution is 8.01. The molecule has 122 valence electrons. The molecule has 7 heteroatoms. The van der Waals surface area contributed by atoms with Crippen molar-refractivity contribution in [3.05, 3.63) is 0 Å². The average molecular weight is 333 g/mol. The van der Waals surface area contributed by atoms with Crippen molar-refractivity contribution in [3.8, 4) is 0 Å². The number of anilines is 1. The monoisotopic (exact) mass is 332 g/mol. The summed E-state index contributed by atoms with van der Waals surface area (Å²) in [5.74, 6) is 1.05. The number of unbranched alkanes of at least 4 members (excludes halogenated alkanes) is 1. The summed E-state index contributed by atoms with van der Waals surface area (Å²) in [6.07, 6.45) is 3.21. The average Bonchev–Trinajstić information content (AvgIpc) is 2.86. The highest BCUT2D eigenvalue weighted by atomic mass is 32.2. The third kappa shape index (κ3) is 6.95. The van der Waals surface area contributed by atoms with E-state index in [2.05, 4.69) is 36.3 Å². The van der Waals surface area contributed by atoms with Gasteiger partial charge in [0.15, 0.2) is 4.34 Å². The first-order valence-electron chi connectivity index (χ1n) is 7.38. The van der Waals surface area contributed by atoms with Crippen LogP contribution in [0.15, 0.2) is 4.34 Å². The molecule has 1 rings (SSSR count). The van der Waals surface area contributed by atoms with Gasteiger partial charge in [-0.05, 0) is 19.8 Å². The molecular formula is C14H28N4OS2. The van der Waals surface area contributed by atoms with Crippen LogP contribution in [0.5, 0.6) is 0 Å². The van der Waals surface area contributed by atoms with Crippen LogP contribution >= 0.6 is 23.1 Å². The molecule has 5 nitrogen and oxygen atoms in total. The molecule has 0 fully saturated rings. The minimum absolute atomic E-state index is 0.167. The fraction of sp³-hybridized carbons (Fsp3) is 0.857. The molecule has 0 aliphatic rings. The molecule has 0 bridgehead atoms. The molecule has 0 saturated heterocycles. The second-order valence-electron chi connectivity index (χ2n) is 6.07. The van der Waals surface area contributed by atoms with E-state index < -0.39 is 0 Å². The topological polar surface area (TPSA) is 61.3 Å². The van der Waals surface area contributed by atoms with E-state index in [0.717, 1.165) is 34.5 Å². The van der Waals surface area contributed by atoms with Crippen LogP contribution in [-0.2, 0) is 0 Å². The maximum Gasteiger partial charge on any atom is 0.208 e. The molecule has 1 atom stereocenters. The van der Waals surface area contributed by atoms with E-state index in [0.29, 0.717) is 6.04 Å². The van der Waals surface area contributed by atoms with Crippen LogP contribution in [0, 0.1) is 0 Å². The molecule has 1 aromatic rings. The van der Waals surface area contributed by atoms with Gasteiger partial charge in [-0.25, -0.2) is 0 Å². The zero-order chi connectivity index (χ0) is 15.9. The molecule has 0 aliphatic carbocycles. The summed E-state index contributed by atoms with van der Waals surface area (Å²) in [7, 11) is 3.96. The maximum atomic E-state index is 9.53. The first-order valence-corrected chi connectivity index (χ1v) is 9.19. The van der Waals surface area contributed by atoms with Crippen molar-refractivity contribution in [2.75, 3.05) is 31.4 Å². The lowest BCUT2D eigenvalue weighted by molar-refractivity contribution is 0.154. The Hall–Kier alpha value is -0.370. The Bertz CT molecular complexity index is 411. The highest BCUT2D eigenvalue weighted by Crippen LogP contribution is 2.27. The van der Waals surface area contributed by atoms with Gasteiger partial charge in [0.05, 0.1) is 6.61 Å². The van der Waals surface area contributed by atoms with E-state index >= 15 is 0 Å². The predicted octanol–water partition coefficient (Wildman–Crippen LogP) is 2.62. The van der Waals surface area contributed by atoms with Gasteiger partial charge in [0.1, 0.15) is 0 Å². The van der Waals surface area contributed by atoms with Crippen molar-refractivity contribution < 1.29 is 5.11 Å². The Morgan fingerprint density at radius 2 is 2.05 bits per heavy atom. The summed E-state index contributed by atoms with van der Waals surface area (Å²) in [4.78, 5) is 1.98. The zero-order valence-corrected chi connectivity index (χ0v) is 15.4. The van der Waals surface area contributed by atoms with Crippen molar-refractivity contribution in [1.82, 2.24) is 15.5 Å². The van der Waals surface area contributed by atoms with Gasteiger partial charge in [0.25, 0.3) is 0 Å². The van der Waals surface area contributed by atoms with Gasteiger partial charge in [-0.2, -0.15) is 0 Å². The number of hydrogen-bond donors (Lipinski definition) is 2. The van der Waals surface area contributed by atoms with Crippen LogP contribution in [-0.4, -0.2) is 53.3 Å². The predicted molar refractivity (Wildman–Crippen MR) is 92.6 cm³/mol. The van der Waals surface area contributed by atoms with Crippen molar-refractivity contribution in [2.45, 2.75) is 56.0 Å². The molecule has 0 saturated carbocycles. The lowest BCUT2D eigenvalue weighted by Gasteiger charge is -2.31. The SMILES string of the molecule is CC(C)NC(C)(CO)CCCCSc1nnc(N(C)C)s1. The fourth-order valence-electron chi connectivity index (χ4n) is 2.11. The summed E-state index contributed by atoms with van der Waals surface area (Å²) in [6, 6.07) is 0.391. The quantitative estimate of drug-likeness (QED) is 0.507. The Balaban J connectivity index is 2.24. The molecule has 0 amide bonds. The van der Waals surface area contributed by atoms with E-state index in [1.165, 1.54) is 0 Å². The number of aliphatic hydroxyl groups is 1. The van der Waals surface area contributed by atoms with Gasteiger partial charge in [-0.1, -0.05) is 43.4 Å². The Morgan fingerprint density at radius 1 is 1.33 bits per heavy atom. The lowest BCUT2D eigenvalue weighted by Crippen LogP contribution is -2.49. The zero-order valence-electron chi connectivity index (χ0n) is 13.7. The summed E-state index contributed by atoms with van der Waals surface area (Å²) >= 11 is 3.40. The van der Waals surface area contributed by atoms with Gasteiger partial charge in [0.2, 0.25) is 5.13 Å². The molecule has 2 N–H and O–H groups in total. The van der Waals surface area contributed by atoms with Crippen molar-refractivity contribution in [1.29, 1.82) is 0 Å². The molecule has 0 spiro atoms.